The molecule has 2 aromatic heterocycles. The van der Waals surface area contributed by atoms with Crippen molar-refractivity contribution in [2.24, 2.45) is 7.05 Å². The largest absolute Gasteiger partial charge is 0.339 e. The monoisotopic (exact) mass is 341 g/mol. The molecule has 25 heavy (non-hydrogen) atoms. The number of aromatic nitrogens is 4. The van der Waals surface area contributed by atoms with Crippen LogP contribution in [-0.2, 0) is 20.1 Å². The molecule has 7 heteroatoms. The first kappa shape index (κ1) is 16.0. The Bertz CT molecular complexity index is 968. The summed E-state index contributed by atoms with van der Waals surface area (Å²) in [6.45, 7) is 1.69. The Morgan fingerprint density at radius 3 is 2.64 bits per heavy atom. The van der Waals surface area contributed by atoms with E-state index in [2.05, 4.69) is 10.8 Å². The third-order valence-electron chi connectivity index (χ3n) is 5.51. The quantitative estimate of drug-likeness (QED) is 0.767. The summed E-state index contributed by atoms with van der Waals surface area (Å²) < 4.78 is 4.55. The summed E-state index contributed by atoms with van der Waals surface area (Å²) in [5.74, 6) is 3.23. The third kappa shape index (κ3) is 2.39. The lowest BCUT2D eigenvalue weighted by atomic mass is 9.94. The van der Waals surface area contributed by atoms with Crippen LogP contribution < -0.4 is 16.1 Å². The summed E-state index contributed by atoms with van der Waals surface area (Å²) in [6.07, 6.45) is 12.4. The lowest BCUT2D eigenvalue weighted by Gasteiger charge is -2.37. The average molecular weight is 341 g/mol. The number of aryl methyl sites for hydroxylation is 2. The minimum Gasteiger partial charge on any atom is -0.339 e. The van der Waals surface area contributed by atoms with Gasteiger partial charge in [0.2, 0.25) is 5.95 Å². The van der Waals surface area contributed by atoms with E-state index in [1.54, 1.807) is 7.05 Å². The smallest absolute Gasteiger partial charge is 0.333 e. The first-order chi connectivity index (χ1) is 12.1. The Morgan fingerprint density at radius 2 is 1.92 bits per heavy atom. The van der Waals surface area contributed by atoms with Gasteiger partial charge in [-0.2, -0.15) is 4.98 Å². The van der Waals surface area contributed by atoms with Crippen LogP contribution >= 0.6 is 0 Å². The maximum absolute atomic E-state index is 12.9. The average Bonchev–Trinajstić information content (AvgIpc) is 3.04. The fourth-order valence-electron chi connectivity index (χ4n) is 4.26. The van der Waals surface area contributed by atoms with Gasteiger partial charge in [0.25, 0.3) is 5.56 Å². The van der Waals surface area contributed by atoms with E-state index in [1.807, 2.05) is 4.57 Å². The van der Waals surface area contributed by atoms with Crippen LogP contribution in [0.3, 0.4) is 0 Å². The number of imidazole rings is 1. The standard InChI is InChI=1S/C18H23N5O2/c1-3-10-23-16(24)14-15(20(2)18(23)25)19-17-21(11-7-12-22(14)17)13-8-5-4-6-9-13/h1,13H,4-12H2,2H3. The number of fused-ring (bicyclic) bond motifs is 3. The van der Waals surface area contributed by atoms with Gasteiger partial charge in [-0.1, -0.05) is 25.2 Å². The van der Waals surface area contributed by atoms with Crippen molar-refractivity contribution < 1.29 is 0 Å². The van der Waals surface area contributed by atoms with Crippen molar-refractivity contribution in [1.82, 2.24) is 18.7 Å². The van der Waals surface area contributed by atoms with Gasteiger partial charge in [-0.05, 0) is 19.3 Å². The second kappa shape index (κ2) is 6.10. The molecule has 0 amide bonds. The van der Waals surface area contributed by atoms with E-state index in [1.165, 1.54) is 36.7 Å². The number of terminal acetylenes is 1. The molecular weight excluding hydrogens is 318 g/mol. The van der Waals surface area contributed by atoms with Gasteiger partial charge in [0.05, 0.1) is 6.54 Å². The highest BCUT2D eigenvalue weighted by Gasteiger charge is 2.30. The molecule has 0 unspecified atom stereocenters. The lowest BCUT2D eigenvalue weighted by molar-refractivity contribution is 0.391. The molecule has 0 N–H and O–H groups in total. The minimum absolute atomic E-state index is 0.0195. The van der Waals surface area contributed by atoms with E-state index in [4.69, 9.17) is 11.4 Å². The van der Waals surface area contributed by atoms with Gasteiger partial charge < -0.3 is 9.47 Å². The Morgan fingerprint density at radius 1 is 1.16 bits per heavy atom. The second-order valence-electron chi connectivity index (χ2n) is 7.01. The summed E-state index contributed by atoms with van der Waals surface area (Å²) in [5.41, 5.74) is 0.212. The molecule has 1 fully saturated rings. The molecule has 1 aliphatic carbocycles. The molecule has 1 saturated carbocycles. The molecule has 0 spiro atoms. The summed E-state index contributed by atoms with van der Waals surface area (Å²) in [7, 11) is 1.65. The third-order valence-corrected chi connectivity index (χ3v) is 5.51. The molecule has 132 valence electrons. The summed E-state index contributed by atoms with van der Waals surface area (Å²) in [6, 6.07) is 0.481. The molecule has 7 nitrogen and oxygen atoms in total. The SMILES string of the molecule is C#CCn1c(=O)c2c(nc3n2CCCN3C2CCCCC2)n(C)c1=O. The van der Waals surface area contributed by atoms with Crippen molar-refractivity contribution in [3.05, 3.63) is 20.8 Å². The summed E-state index contributed by atoms with van der Waals surface area (Å²) in [4.78, 5) is 32.4. The summed E-state index contributed by atoms with van der Waals surface area (Å²) in [5, 5.41) is 0. The van der Waals surface area contributed by atoms with Gasteiger partial charge in [0, 0.05) is 26.2 Å². The molecule has 0 saturated heterocycles. The normalized spacial score (nSPS) is 18.3. The number of anilines is 1. The fraction of sp³-hybridized carbons (Fsp3) is 0.611. The zero-order chi connectivity index (χ0) is 17.6. The van der Waals surface area contributed by atoms with Crippen LogP contribution in [0.5, 0.6) is 0 Å². The van der Waals surface area contributed by atoms with Crippen molar-refractivity contribution in [3.8, 4) is 12.3 Å². The summed E-state index contributed by atoms with van der Waals surface area (Å²) >= 11 is 0. The van der Waals surface area contributed by atoms with E-state index in [0.29, 0.717) is 17.2 Å². The lowest BCUT2D eigenvalue weighted by Crippen LogP contribution is -2.42. The maximum Gasteiger partial charge on any atom is 0.333 e. The van der Waals surface area contributed by atoms with Crippen molar-refractivity contribution >= 4 is 17.1 Å². The van der Waals surface area contributed by atoms with Gasteiger partial charge >= 0.3 is 5.69 Å². The first-order valence-corrected chi connectivity index (χ1v) is 9.03. The molecule has 0 radical (unpaired) electrons. The highest BCUT2D eigenvalue weighted by atomic mass is 16.2. The van der Waals surface area contributed by atoms with E-state index in [9.17, 15) is 9.59 Å². The van der Waals surface area contributed by atoms with E-state index in [0.717, 1.165) is 30.0 Å². The van der Waals surface area contributed by atoms with Crippen molar-refractivity contribution in [1.29, 1.82) is 0 Å². The molecule has 2 aliphatic rings. The van der Waals surface area contributed by atoms with Crippen LogP contribution in [0.25, 0.3) is 11.2 Å². The number of hydrogen-bond acceptors (Lipinski definition) is 4. The van der Waals surface area contributed by atoms with Gasteiger partial charge in [-0.3, -0.25) is 9.36 Å². The van der Waals surface area contributed by atoms with Crippen LogP contribution in [0.2, 0.25) is 0 Å². The van der Waals surface area contributed by atoms with Gasteiger partial charge in [0.1, 0.15) is 0 Å². The van der Waals surface area contributed by atoms with Crippen molar-refractivity contribution in [3.63, 3.8) is 0 Å². The molecule has 3 heterocycles. The van der Waals surface area contributed by atoms with Crippen LogP contribution in [-0.4, -0.2) is 31.3 Å². The zero-order valence-electron chi connectivity index (χ0n) is 14.6. The number of hydrogen-bond donors (Lipinski definition) is 0. The van der Waals surface area contributed by atoms with Gasteiger partial charge in [0.15, 0.2) is 11.2 Å². The minimum atomic E-state index is -0.407. The number of nitrogens with zero attached hydrogens (tertiary/aromatic N) is 5. The Kier molecular flexibility index (Phi) is 3.91. The van der Waals surface area contributed by atoms with E-state index < -0.39 is 5.69 Å². The van der Waals surface area contributed by atoms with E-state index >= 15 is 0 Å². The molecular formula is C18H23N5O2. The van der Waals surface area contributed by atoms with Gasteiger partial charge in [-0.15, -0.1) is 6.42 Å². The van der Waals surface area contributed by atoms with Gasteiger partial charge in [-0.25, -0.2) is 9.36 Å². The molecule has 1 aliphatic heterocycles. The molecule has 0 bridgehead atoms. The van der Waals surface area contributed by atoms with Crippen LogP contribution in [0.1, 0.15) is 38.5 Å². The highest BCUT2D eigenvalue weighted by Crippen LogP contribution is 2.31. The second-order valence-corrected chi connectivity index (χ2v) is 7.01. The van der Waals surface area contributed by atoms with E-state index in [-0.39, 0.29) is 12.1 Å². The van der Waals surface area contributed by atoms with Crippen LogP contribution in [0.4, 0.5) is 5.95 Å². The Hall–Kier alpha value is -2.49. The predicted molar refractivity (Wildman–Crippen MR) is 96.9 cm³/mol. The Labute approximate surface area is 145 Å². The molecule has 2 aromatic rings. The molecule has 0 atom stereocenters. The highest BCUT2D eigenvalue weighted by molar-refractivity contribution is 5.75. The topological polar surface area (TPSA) is 65.1 Å². The maximum atomic E-state index is 12.9. The van der Waals surface area contributed by atoms with Crippen molar-refractivity contribution in [2.75, 3.05) is 11.4 Å². The Balaban J connectivity index is 1.93. The first-order valence-electron chi connectivity index (χ1n) is 9.03. The molecule has 0 aromatic carbocycles. The van der Waals surface area contributed by atoms with Crippen molar-refractivity contribution in [2.45, 2.75) is 57.7 Å². The number of rotatable bonds is 2. The molecule has 4 rings (SSSR count). The zero-order valence-corrected chi connectivity index (χ0v) is 14.6. The predicted octanol–water partition coefficient (Wildman–Crippen LogP) is 1.07. The van der Waals surface area contributed by atoms with Crippen LogP contribution in [0, 0.1) is 12.3 Å². The van der Waals surface area contributed by atoms with Crippen LogP contribution in [0.15, 0.2) is 9.59 Å². The fourth-order valence-corrected chi connectivity index (χ4v) is 4.26.